The van der Waals surface area contributed by atoms with Crippen molar-refractivity contribution in [3.63, 3.8) is 0 Å². The number of carbonyl (C=O) groups excluding carboxylic acids is 1. The number of ketones is 1. The topological polar surface area (TPSA) is 47.4 Å². The first-order valence-electron chi connectivity index (χ1n) is 9.62. The van der Waals surface area contributed by atoms with Crippen molar-refractivity contribution in [2.45, 2.75) is 45.8 Å². The fraction of sp³-hybridized carbons (Fsp3) is 0.524. The number of nitrogens with zero attached hydrogens (tertiary/aromatic N) is 3. The summed E-state index contributed by atoms with van der Waals surface area (Å²) in [6, 6.07) is 9.58. The Kier molecular flexibility index (Phi) is 6.45. The Labute approximate surface area is 156 Å². The summed E-state index contributed by atoms with van der Waals surface area (Å²) in [6.45, 7) is 7.87. The highest BCUT2D eigenvalue weighted by atomic mass is 16.5. The van der Waals surface area contributed by atoms with E-state index in [1.165, 1.54) is 0 Å². The van der Waals surface area contributed by atoms with Crippen LogP contribution in [0.4, 0.5) is 0 Å². The molecule has 1 aliphatic rings. The minimum Gasteiger partial charge on any atom is -0.491 e. The highest BCUT2D eigenvalue weighted by molar-refractivity contribution is 5.98. The van der Waals surface area contributed by atoms with E-state index in [-0.39, 0.29) is 17.8 Å². The van der Waals surface area contributed by atoms with Gasteiger partial charge in [0.1, 0.15) is 5.75 Å². The summed E-state index contributed by atoms with van der Waals surface area (Å²) in [4.78, 5) is 15.4. The van der Waals surface area contributed by atoms with E-state index < -0.39 is 0 Å². The molecule has 2 heterocycles. The van der Waals surface area contributed by atoms with Crippen LogP contribution in [-0.2, 0) is 6.54 Å². The molecule has 5 nitrogen and oxygen atoms in total. The molecular formula is C21H29N3O2. The van der Waals surface area contributed by atoms with E-state index in [1.807, 2.05) is 61.3 Å². The molecule has 0 N–H and O–H groups in total. The van der Waals surface area contributed by atoms with E-state index >= 15 is 0 Å². The third-order valence-corrected chi connectivity index (χ3v) is 4.79. The Morgan fingerprint density at radius 3 is 2.96 bits per heavy atom. The van der Waals surface area contributed by atoms with Crippen molar-refractivity contribution in [2.24, 2.45) is 5.92 Å². The predicted molar refractivity (Wildman–Crippen MR) is 103 cm³/mol. The largest absolute Gasteiger partial charge is 0.491 e. The van der Waals surface area contributed by atoms with E-state index in [0.717, 1.165) is 56.8 Å². The molecule has 0 amide bonds. The Balaban J connectivity index is 1.54. The molecule has 0 spiro atoms. The van der Waals surface area contributed by atoms with E-state index in [0.29, 0.717) is 0 Å². The first kappa shape index (κ1) is 18.6. The Hall–Kier alpha value is -2.14. The highest BCUT2D eigenvalue weighted by Crippen LogP contribution is 2.23. The number of aromatic nitrogens is 2. The van der Waals surface area contributed by atoms with Crippen molar-refractivity contribution < 1.29 is 9.53 Å². The van der Waals surface area contributed by atoms with Crippen LogP contribution in [0.1, 0.15) is 43.5 Å². The van der Waals surface area contributed by atoms with E-state index in [1.54, 1.807) is 0 Å². The number of likely N-dealkylation sites (tertiary alicyclic amines) is 1. The van der Waals surface area contributed by atoms with Gasteiger partial charge in [0.25, 0.3) is 0 Å². The molecule has 1 fully saturated rings. The second kappa shape index (κ2) is 8.99. The highest BCUT2D eigenvalue weighted by Gasteiger charge is 2.26. The monoisotopic (exact) mass is 355 g/mol. The molecule has 1 atom stereocenters. The lowest BCUT2D eigenvalue weighted by atomic mass is 9.90. The Morgan fingerprint density at radius 1 is 1.31 bits per heavy atom. The van der Waals surface area contributed by atoms with E-state index in [2.05, 4.69) is 10.00 Å². The zero-order valence-corrected chi connectivity index (χ0v) is 15.8. The average Bonchev–Trinajstić information content (AvgIpc) is 3.14. The van der Waals surface area contributed by atoms with Gasteiger partial charge >= 0.3 is 0 Å². The van der Waals surface area contributed by atoms with Gasteiger partial charge in [0, 0.05) is 37.0 Å². The summed E-state index contributed by atoms with van der Waals surface area (Å²) in [5.41, 5.74) is 0.770. The predicted octanol–water partition coefficient (Wildman–Crippen LogP) is 3.66. The molecule has 1 saturated heterocycles. The lowest BCUT2D eigenvalue weighted by Gasteiger charge is -2.32. The molecule has 1 aliphatic heterocycles. The van der Waals surface area contributed by atoms with Gasteiger partial charge in [-0.05, 0) is 64.4 Å². The molecule has 3 rings (SSSR count). The Morgan fingerprint density at radius 2 is 2.19 bits per heavy atom. The average molecular weight is 355 g/mol. The summed E-state index contributed by atoms with van der Waals surface area (Å²) in [7, 11) is 0. The second-order valence-electron chi connectivity index (χ2n) is 7.32. The van der Waals surface area contributed by atoms with Gasteiger partial charge in [-0.3, -0.25) is 9.48 Å². The summed E-state index contributed by atoms with van der Waals surface area (Å²) < 4.78 is 7.70. The third kappa shape index (κ3) is 5.18. The van der Waals surface area contributed by atoms with Crippen LogP contribution in [-0.4, -0.2) is 46.2 Å². The van der Waals surface area contributed by atoms with Crippen molar-refractivity contribution in [2.75, 3.05) is 19.6 Å². The van der Waals surface area contributed by atoms with Crippen LogP contribution in [0, 0.1) is 5.92 Å². The fourth-order valence-corrected chi connectivity index (χ4v) is 3.59. The van der Waals surface area contributed by atoms with Crippen LogP contribution < -0.4 is 4.74 Å². The number of hydrogen-bond donors (Lipinski definition) is 0. The molecule has 0 unspecified atom stereocenters. The van der Waals surface area contributed by atoms with Crippen LogP contribution in [0.15, 0.2) is 42.7 Å². The van der Waals surface area contributed by atoms with Crippen LogP contribution in [0.2, 0.25) is 0 Å². The standard InChI is InChI=1S/C21H29N3O2/c1-17(2)26-20-9-3-7-18(15-20)21(25)19-8-4-11-23(16-19)12-6-14-24-13-5-10-22-24/h3,5,7,9-10,13,15,17,19H,4,6,8,11-12,14,16H2,1-2H3/t19-/m0/s1. The molecule has 26 heavy (non-hydrogen) atoms. The van der Waals surface area contributed by atoms with Crippen molar-refractivity contribution >= 4 is 5.78 Å². The van der Waals surface area contributed by atoms with Gasteiger partial charge in [-0.1, -0.05) is 12.1 Å². The fourth-order valence-electron chi connectivity index (χ4n) is 3.59. The molecular weight excluding hydrogens is 326 g/mol. The number of rotatable bonds is 8. The van der Waals surface area contributed by atoms with Crippen molar-refractivity contribution in [3.8, 4) is 5.75 Å². The number of carbonyl (C=O) groups is 1. The summed E-state index contributed by atoms with van der Waals surface area (Å²) in [5.74, 6) is 1.11. The van der Waals surface area contributed by atoms with Crippen LogP contribution >= 0.6 is 0 Å². The number of piperidine rings is 1. The van der Waals surface area contributed by atoms with Gasteiger partial charge in [0.05, 0.1) is 6.10 Å². The van der Waals surface area contributed by atoms with Gasteiger partial charge < -0.3 is 9.64 Å². The summed E-state index contributed by atoms with van der Waals surface area (Å²) >= 11 is 0. The lowest BCUT2D eigenvalue weighted by molar-refractivity contribution is 0.0816. The van der Waals surface area contributed by atoms with Crippen LogP contribution in [0.3, 0.4) is 0 Å². The number of Topliss-reactive ketones (excluding diaryl/α,β-unsaturated/α-hetero) is 1. The summed E-state index contributed by atoms with van der Waals surface area (Å²) in [5, 5.41) is 4.24. The van der Waals surface area contributed by atoms with E-state index in [9.17, 15) is 4.79 Å². The van der Waals surface area contributed by atoms with Gasteiger partial charge in [0.2, 0.25) is 0 Å². The van der Waals surface area contributed by atoms with Gasteiger partial charge in [-0.2, -0.15) is 5.10 Å². The van der Waals surface area contributed by atoms with Gasteiger partial charge in [0.15, 0.2) is 5.78 Å². The minimum atomic E-state index is 0.0859. The second-order valence-corrected chi connectivity index (χ2v) is 7.32. The molecule has 0 aliphatic carbocycles. The maximum absolute atomic E-state index is 12.9. The first-order chi connectivity index (χ1) is 12.6. The molecule has 1 aromatic heterocycles. The van der Waals surface area contributed by atoms with Gasteiger partial charge in [-0.15, -0.1) is 0 Å². The molecule has 0 bridgehead atoms. The number of benzene rings is 1. The van der Waals surface area contributed by atoms with Crippen LogP contribution in [0.5, 0.6) is 5.75 Å². The minimum absolute atomic E-state index is 0.0859. The maximum Gasteiger partial charge on any atom is 0.167 e. The molecule has 5 heteroatoms. The van der Waals surface area contributed by atoms with Crippen molar-refractivity contribution in [1.82, 2.24) is 14.7 Å². The summed E-state index contributed by atoms with van der Waals surface area (Å²) in [6.07, 6.45) is 7.03. The van der Waals surface area contributed by atoms with Crippen molar-refractivity contribution in [3.05, 3.63) is 48.3 Å². The molecule has 2 aromatic rings. The van der Waals surface area contributed by atoms with Crippen molar-refractivity contribution in [1.29, 1.82) is 0 Å². The molecule has 140 valence electrons. The Bertz CT molecular complexity index is 697. The first-order valence-corrected chi connectivity index (χ1v) is 9.62. The zero-order chi connectivity index (χ0) is 18.4. The molecule has 1 aromatic carbocycles. The number of aryl methyl sites for hydroxylation is 1. The quantitative estimate of drug-likeness (QED) is 0.678. The van der Waals surface area contributed by atoms with Gasteiger partial charge in [-0.25, -0.2) is 0 Å². The molecule has 0 saturated carbocycles. The maximum atomic E-state index is 12.9. The SMILES string of the molecule is CC(C)Oc1cccc(C(=O)[C@H]2CCCN(CCCn3cccn3)C2)c1. The smallest absolute Gasteiger partial charge is 0.167 e. The normalized spacial score (nSPS) is 18.2. The van der Waals surface area contributed by atoms with Crippen LogP contribution in [0.25, 0.3) is 0 Å². The lowest BCUT2D eigenvalue weighted by Crippen LogP contribution is -2.39. The zero-order valence-electron chi connectivity index (χ0n) is 15.8. The number of hydrogen-bond acceptors (Lipinski definition) is 4. The van der Waals surface area contributed by atoms with E-state index in [4.69, 9.17) is 4.74 Å². The molecule has 0 radical (unpaired) electrons. The number of ether oxygens (including phenoxy) is 1. The third-order valence-electron chi connectivity index (χ3n) is 4.79.